The molecule has 0 saturated carbocycles. The fourth-order valence-electron chi connectivity index (χ4n) is 1.39. The van der Waals surface area contributed by atoms with Crippen LogP contribution in [-0.4, -0.2) is 26.3 Å². The summed E-state index contributed by atoms with van der Waals surface area (Å²) in [5.41, 5.74) is 1.12. The van der Waals surface area contributed by atoms with Crippen LogP contribution in [-0.2, 0) is 10.5 Å². The Morgan fingerprint density at radius 3 is 3.05 bits per heavy atom. The highest BCUT2D eigenvalue weighted by atomic mass is 32.2. The van der Waals surface area contributed by atoms with Gasteiger partial charge in [0.25, 0.3) is 0 Å². The van der Waals surface area contributed by atoms with Crippen LogP contribution in [0.4, 0.5) is 4.39 Å². The van der Waals surface area contributed by atoms with E-state index in [1.807, 2.05) is 0 Å². The van der Waals surface area contributed by atoms with Crippen molar-refractivity contribution < 1.29 is 14.3 Å². The maximum Gasteiger partial charge on any atom is 0.328 e. The number of nitrogens with one attached hydrogen (secondary N) is 1. The van der Waals surface area contributed by atoms with Crippen LogP contribution in [0.5, 0.6) is 0 Å². The summed E-state index contributed by atoms with van der Waals surface area (Å²) < 4.78 is 13.5. The van der Waals surface area contributed by atoms with Crippen molar-refractivity contribution in [2.75, 3.05) is 0 Å². The Bertz CT molecular complexity index is 599. The normalized spacial score (nSPS) is 11.0. The van der Waals surface area contributed by atoms with E-state index in [4.69, 9.17) is 5.11 Å². The van der Waals surface area contributed by atoms with Crippen molar-refractivity contribution in [1.82, 2.24) is 15.2 Å². The molecular formula is C12H10FN3O2S. The van der Waals surface area contributed by atoms with Crippen molar-refractivity contribution in [3.8, 4) is 0 Å². The first-order valence-corrected chi connectivity index (χ1v) is 6.31. The number of benzene rings is 1. The van der Waals surface area contributed by atoms with Crippen molar-refractivity contribution in [3.63, 3.8) is 0 Å². The number of carbonyl (C=O) groups is 1. The average Bonchev–Trinajstić information content (AvgIpc) is 2.89. The molecule has 1 heterocycles. The molecule has 0 bridgehead atoms. The largest absolute Gasteiger partial charge is 0.478 e. The molecular weight excluding hydrogens is 269 g/mol. The molecule has 7 heteroatoms. The van der Waals surface area contributed by atoms with Gasteiger partial charge in [-0.3, -0.25) is 5.10 Å². The van der Waals surface area contributed by atoms with Gasteiger partial charge >= 0.3 is 5.97 Å². The maximum absolute atomic E-state index is 13.5. The van der Waals surface area contributed by atoms with E-state index in [0.29, 0.717) is 10.9 Å². The number of hydrogen-bond donors (Lipinski definition) is 2. The Kier molecular flexibility index (Phi) is 4.30. The van der Waals surface area contributed by atoms with Crippen LogP contribution >= 0.6 is 11.8 Å². The highest BCUT2D eigenvalue weighted by molar-refractivity contribution is 7.98. The van der Waals surface area contributed by atoms with Crippen LogP contribution in [0, 0.1) is 5.82 Å². The first-order valence-electron chi connectivity index (χ1n) is 5.33. The van der Waals surface area contributed by atoms with Gasteiger partial charge in [0.2, 0.25) is 0 Å². The lowest BCUT2D eigenvalue weighted by atomic mass is 10.1. The van der Waals surface area contributed by atoms with Crippen LogP contribution in [0.1, 0.15) is 11.1 Å². The first kappa shape index (κ1) is 13.3. The van der Waals surface area contributed by atoms with E-state index >= 15 is 0 Å². The van der Waals surface area contributed by atoms with Crippen molar-refractivity contribution in [1.29, 1.82) is 0 Å². The fraction of sp³-hybridized carbons (Fsp3) is 0.0833. The third kappa shape index (κ3) is 3.92. The average molecular weight is 279 g/mol. The van der Waals surface area contributed by atoms with Crippen molar-refractivity contribution in [2.24, 2.45) is 0 Å². The summed E-state index contributed by atoms with van der Waals surface area (Å²) in [6.07, 6.45) is 3.56. The first-order chi connectivity index (χ1) is 9.15. The van der Waals surface area contributed by atoms with Crippen molar-refractivity contribution >= 4 is 23.8 Å². The summed E-state index contributed by atoms with van der Waals surface area (Å²) in [6.45, 7) is 0. The summed E-state index contributed by atoms with van der Waals surface area (Å²) in [6, 6.07) is 4.58. The van der Waals surface area contributed by atoms with Crippen LogP contribution in [0.2, 0.25) is 0 Å². The molecule has 1 aromatic carbocycles. The molecule has 0 amide bonds. The van der Waals surface area contributed by atoms with Gasteiger partial charge in [-0.25, -0.2) is 14.2 Å². The standard InChI is InChI=1S/C12H10FN3O2S/c13-10-3-1-8(5-9(10)2-4-11(17)18)6-19-12-14-7-15-16-12/h1-5,7H,6H2,(H,17,18)(H,14,15,16). The van der Waals surface area contributed by atoms with Crippen LogP contribution < -0.4 is 0 Å². The quantitative estimate of drug-likeness (QED) is 0.648. The van der Waals surface area contributed by atoms with Crippen LogP contribution in [0.3, 0.4) is 0 Å². The highest BCUT2D eigenvalue weighted by Crippen LogP contribution is 2.20. The highest BCUT2D eigenvalue weighted by Gasteiger charge is 2.03. The molecule has 0 radical (unpaired) electrons. The van der Waals surface area contributed by atoms with Gasteiger partial charge in [0.1, 0.15) is 12.1 Å². The lowest BCUT2D eigenvalue weighted by Gasteiger charge is -2.02. The van der Waals surface area contributed by atoms with Gasteiger partial charge < -0.3 is 5.11 Å². The second-order valence-corrected chi connectivity index (χ2v) is 4.57. The number of rotatable bonds is 5. The van der Waals surface area contributed by atoms with Gasteiger partial charge in [-0.2, -0.15) is 5.10 Å². The lowest BCUT2D eigenvalue weighted by molar-refractivity contribution is -0.131. The molecule has 0 aliphatic carbocycles. The Morgan fingerprint density at radius 2 is 2.37 bits per heavy atom. The molecule has 5 nitrogen and oxygen atoms in total. The topological polar surface area (TPSA) is 78.9 Å². The number of hydrogen-bond acceptors (Lipinski definition) is 4. The van der Waals surface area contributed by atoms with Crippen molar-refractivity contribution in [3.05, 3.63) is 47.5 Å². The van der Waals surface area contributed by atoms with Gasteiger partial charge in [0.15, 0.2) is 5.16 Å². The number of thioether (sulfide) groups is 1. The Balaban J connectivity index is 2.09. The van der Waals surface area contributed by atoms with Crippen molar-refractivity contribution in [2.45, 2.75) is 10.9 Å². The van der Waals surface area contributed by atoms with Gasteiger partial charge in [-0.05, 0) is 23.8 Å². The van der Waals surface area contributed by atoms with Gasteiger partial charge in [0, 0.05) is 17.4 Å². The zero-order valence-electron chi connectivity index (χ0n) is 9.71. The minimum Gasteiger partial charge on any atom is -0.478 e. The zero-order valence-corrected chi connectivity index (χ0v) is 10.5. The SMILES string of the molecule is O=C(O)C=Cc1cc(CSc2ncn[nH]2)ccc1F. The maximum atomic E-state index is 13.5. The van der Waals surface area contributed by atoms with Gasteiger partial charge in [0.05, 0.1) is 0 Å². The van der Waals surface area contributed by atoms with E-state index in [9.17, 15) is 9.18 Å². The predicted molar refractivity (Wildman–Crippen MR) is 69.0 cm³/mol. The number of aromatic nitrogens is 3. The second kappa shape index (κ2) is 6.14. The molecule has 0 saturated heterocycles. The molecule has 0 aliphatic rings. The smallest absolute Gasteiger partial charge is 0.328 e. The number of aliphatic carboxylic acids is 1. The summed E-state index contributed by atoms with van der Waals surface area (Å²) in [7, 11) is 0. The van der Waals surface area contributed by atoms with Gasteiger partial charge in [-0.1, -0.05) is 17.8 Å². The predicted octanol–water partition coefficient (Wildman–Crippen LogP) is 2.33. The Hall–Kier alpha value is -2.15. The zero-order chi connectivity index (χ0) is 13.7. The minimum absolute atomic E-state index is 0.248. The molecule has 0 aliphatic heterocycles. The Labute approximate surface area is 112 Å². The van der Waals surface area contributed by atoms with E-state index in [0.717, 1.165) is 11.6 Å². The summed E-state index contributed by atoms with van der Waals surface area (Å²) in [5, 5.41) is 15.6. The number of halogens is 1. The number of H-pyrrole nitrogens is 1. The van der Waals surface area contributed by atoms with E-state index in [2.05, 4.69) is 15.2 Å². The number of carboxylic acids is 1. The van der Waals surface area contributed by atoms with E-state index in [1.54, 1.807) is 12.1 Å². The third-order valence-corrected chi connectivity index (χ3v) is 3.18. The monoisotopic (exact) mass is 279 g/mol. The van der Waals surface area contributed by atoms with Crippen LogP contribution in [0.25, 0.3) is 6.08 Å². The molecule has 2 N–H and O–H groups in total. The molecule has 2 rings (SSSR count). The molecule has 0 atom stereocenters. The lowest BCUT2D eigenvalue weighted by Crippen LogP contribution is -1.90. The number of carboxylic acid groups (broad SMARTS) is 1. The second-order valence-electron chi connectivity index (χ2n) is 3.61. The number of aromatic amines is 1. The molecule has 1 aromatic heterocycles. The van der Waals surface area contributed by atoms with E-state index in [1.165, 1.54) is 30.2 Å². The molecule has 0 spiro atoms. The fourth-order valence-corrected chi connectivity index (χ4v) is 2.11. The van der Waals surface area contributed by atoms with E-state index < -0.39 is 11.8 Å². The molecule has 19 heavy (non-hydrogen) atoms. The van der Waals surface area contributed by atoms with E-state index in [-0.39, 0.29) is 5.56 Å². The Morgan fingerprint density at radius 1 is 1.53 bits per heavy atom. The van der Waals surface area contributed by atoms with Crippen LogP contribution in [0.15, 0.2) is 35.8 Å². The minimum atomic E-state index is -1.11. The molecule has 98 valence electrons. The number of nitrogens with zero attached hydrogens (tertiary/aromatic N) is 2. The van der Waals surface area contributed by atoms with Gasteiger partial charge in [-0.15, -0.1) is 0 Å². The summed E-state index contributed by atoms with van der Waals surface area (Å²) in [4.78, 5) is 14.4. The summed E-state index contributed by atoms with van der Waals surface area (Å²) in [5.74, 6) is -0.977. The molecule has 0 unspecified atom stereocenters. The third-order valence-electron chi connectivity index (χ3n) is 2.23. The molecule has 0 fully saturated rings. The molecule has 2 aromatic rings. The summed E-state index contributed by atoms with van der Waals surface area (Å²) >= 11 is 1.43.